The summed E-state index contributed by atoms with van der Waals surface area (Å²) >= 11 is 5.59. The van der Waals surface area contributed by atoms with Gasteiger partial charge in [-0.25, -0.2) is 14.0 Å². The van der Waals surface area contributed by atoms with Gasteiger partial charge in [-0.2, -0.15) is 0 Å². The fourth-order valence-electron chi connectivity index (χ4n) is 1.57. The molecular formula is C13H16ClFN2O3. The second-order valence-corrected chi connectivity index (χ2v) is 4.86. The van der Waals surface area contributed by atoms with Crippen molar-refractivity contribution in [2.45, 2.75) is 26.3 Å². The molecule has 2 atom stereocenters. The Hall–Kier alpha value is -1.82. The number of hydrogen-bond donors (Lipinski definition) is 3. The number of anilines is 1. The number of aliphatic carboxylic acids is 1. The Morgan fingerprint density at radius 3 is 2.60 bits per heavy atom. The summed E-state index contributed by atoms with van der Waals surface area (Å²) in [5.74, 6) is -2.07. The van der Waals surface area contributed by atoms with Gasteiger partial charge >= 0.3 is 12.0 Å². The maximum absolute atomic E-state index is 13.5. The van der Waals surface area contributed by atoms with Gasteiger partial charge in [0, 0.05) is 5.02 Å². The van der Waals surface area contributed by atoms with Crippen LogP contribution in [0.15, 0.2) is 18.2 Å². The first kappa shape index (κ1) is 16.2. The van der Waals surface area contributed by atoms with E-state index >= 15 is 0 Å². The van der Waals surface area contributed by atoms with E-state index in [1.165, 1.54) is 12.1 Å². The largest absolute Gasteiger partial charge is 0.480 e. The van der Waals surface area contributed by atoms with Crippen LogP contribution in [0.5, 0.6) is 0 Å². The summed E-state index contributed by atoms with van der Waals surface area (Å²) in [5.41, 5.74) is -0.0693. The topological polar surface area (TPSA) is 78.4 Å². The molecule has 0 fully saturated rings. The molecule has 1 unspecified atom stereocenters. The first-order valence-electron chi connectivity index (χ1n) is 6.10. The highest BCUT2D eigenvalue weighted by molar-refractivity contribution is 6.30. The van der Waals surface area contributed by atoms with Crippen LogP contribution < -0.4 is 10.6 Å². The van der Waals surface area contributed by atoms with Crippen molar-refractivity contribution in [2.24, 2.45) is 5.92 Å². The molecule has 5 nitrogen and oxygen atoms in total. The zero-order chi connectivity index (χ0) is 15.3. The van der Waals surface area contributed by atoms with E-state index in [-0.39, 0.29) is 16.6 Å². The number of amides is 2. The molecule has 1 aromatic carbocycles. The van der Waals surface area contributed by atoms with Crippen LogP contribution in [0.2, 0.25) is 5.02 Å². The van der Waals surface area contributed by atoms with Crippen LogP contribution in [-0.2, 0) is 4.79 Å². The second-order valence-electron chi connectivity index (χ2n) is 4.42. The number of hydrogen-bond acceptors (Lipinski definition) is 2. The van der Waals surface area contributed by atoms with Crippen LogP contribution in [0.4, 0.5) is 14.9 Å². The van der Waals surface area contributed by atoms with Crippen LogP contribution >= 0.6 is 11.6 Å². The van der Waals surface area contributed by atoms with E-state index in [0.717, 1.165) is 6.07 Å². The van der Waals surface area contributed by atoms with E-state index in [9.17, 15) is 14.0 Å². The molecule has 1 aromatic rings. The van der Waals surface area contributed by atoms with Crippen molar-refractivity contribution in [1.82, 2.24) is 5.32 Å². The maximum Gasteiger partial charge on any atom is 0.326 e. The van der Waals surface area contributed by atoms with Crippen molar-refractivity contribution in [3.8, 4) is 0 Å². The summed E-state index contributed by atoms with van der Waals surface area (Å²) in [5, 5.41) is 13.8. The lowest BCUT2D eigenvalue weighted by Crippen LogP contribution is -2.46. The van der Waals surface area contributed by atoms with Crippen molar-refractivity contribution in [2.75, 3.05) is 5.32 Å². The highest BCUT2D eigenvalue weighted by Crippen LogP contribution is 2.18. The Balaban J connectivity index is 2.73. The summed E-state index contributed by atoms with van der Waals surface area (Å²) < 4.78 is 13.5. The van der Waals surface area contributed by atoms with Crippen LogP contribution in [0.1, 0.15) is 20.3 Å². The Kier molecular flexibility index (Phi) is 5.76. The predicted molar refractivity (Wildman–Crippen MR) is 74.4 cm³/mol. The molecule has 0 saturated heterocycles. The number of benzene rings is 1. The van der Waals surface area contributed by atoms with E-state index in [1.54, 1.807) is 6.92 Å². The molecule has 0 aliphatic rings. The maximum atomic E-state index is 13.5. The number of urea groups is 1. The summed E-state index contributed by atoms with van der Waals surface area (Å²) in [4.78, 5) is 22.8. The van der Waals surface area contributed by atoms with Crippen molar-refractivity contribution in [1.29, 1.82) is 0 Å². The smallest absolute Gasteiger partial charge is 0.326 e. The minimum Gasteiger partial charge on any atom is -0.480 e. The predicted octanol–water partition coefficient (Wildman–Crippen LogP) is 3.10. The zero-order valence-electron chi connectivity index (χ0n) is 11.1. The molecule has 0 spiro atoms. The number of carboxylic acid groups (broad SMARTS) is 1. The summed E-state index contributed by atoms with van der Waals surface area (Å²) in [6, 6.07) is 1.97. The zero-order valence-corrected chi connectivity index (χ0v) is 11.9. The van der Waals surface area contributed by atoms with Gasteiger partial charge in [0.1, 0.15) is 11.9 Å². The molecular weight excluding hydrogens is 287 g/mol. The fraction of sp³-hybridized carbons (Fsp3) is 0.385. The van der Waals surface area contributed by atoms with Crippen molar-refractivity contribution in [3.05, 3.63) is 29.0 Å². The quantitative estimate of drug-likeness (QED) is 0.782. The monoisotopic (exact) mass is 302 g/mol. The van der Waals surface area contributed by atoms with Crippen molar-refractivity contribution >= 4 is 29.3 Å². The number of carbonyl (C=O) groups excluding carboxylic acids is 1. The average molecular weight is 303 g/mol. The molecule has 2 amide bonds. The lowest BCUT2D eigenvalue weighted by molar-refractivity contribution is -0.140. The van der Waals surface area contributed by atoms with Gasteiger partial charge in [0.05, 0.1) is 5.69 Å². The molecule has 0 heterocycles. The molecule has 1 rings (SSSR count). The summed E-state index contributed by atoms with van der Waals surface area (Å²) in [6.07, 6.45) is 0.590. The molecule has 3 N–H and O–H groups in total. The number of rotatable bonds is 5. The minimum absolute atomic E-state index is 0.0693. The fourth-order valence-corrected chi connectivity index (χ4v) is 1.73. The third-order valence-corrected chi connectivity index (χ3v) is 3.18. The second kappa shape index (κ2) is 7.09. The molecule has 0 aliphatic heterocycles. The molecule has 20 heavy (non-hydrogen) atoms. The average Bonchev–Trinajstić information content (AvgIpc) is 2.38. The van der Waals surface area contributed by atoms with Gasteiger partial charge in [-0.1, -0.05) is 31.9 Å². The molecule has 0 saturated carbocycles. The molecule has 0 radical (unpaired) electrons. The molecule has 0 aliphatic carbocycles. The van der Waals surface area contributed by atoms with Gasteiger partial charge in [0.15, 0.2) is 0 Å². The summed E-state index contributed by atoms with van der Waals surface area (Å²) in [7, 11) is 0. The Bertz CT molecular complexity index is 510. The van der Waals surface area contributed by atoms with Crippen LogP contribution in [0.25, 0.3) is 0 Å². The van der Waals surface area contributed by atoms with Gasteiger partial charge in [-0.15, -0.1) is 0 Å². The van der Waals surface area contributed by atoms with Gasteiger partial charge in [0.2, 0.25) is 0 Å². The Morgan fingerprint density at radius 1 is 1.45 bits per heavy atom. The lowest BCUT2D eigenvalue weighted by atomic mass is 9.99. The molecule has 0 aromatic heterocycles. The first-order chi connectivity index (χ1) is 9.35. The van der Waals surface area contributed by atoms with Crippen LogP contribution in [0, 0.1) is 11.7 Å². The van der Waals surface area contributed by atoms with E-state index in [0.29, 0.717) is 6.42 Å². The summed E-state index contributed by atoms with van der Waals surface area (Å²) in [6.45, 7) is 3.53. The molecule has 0 bridgehead atoms. The highest BCUT2D eigenvalue weighted by Gasteiger charge is 2.25. The van der Waals surface area contributed by atoms with Gasteiger partial charge < -0.3 is 15.7 Å². The minimum atomic E-state index is -1.13. The first-order valence-corrected chi connectivity index (χ1v) is 6.48. The van der Waals surface area contributed by atoms with Crippen molar-refractivity contribution in [3.63, 3.8) is 0 Å². The van der Waals surface area contributed by atoms with Crippen molar-refractivity contribution < 1.29 is 19.1 Å². The highest BCUT2D eigenvalue weighted by atomic mass is 35.5. The third-order valence-electron chi connectivity index (χ3n) is 2.94. The third kappa shape index (κ3) is 4.38. The number of carbonyl (C=O) groups is 2. The Morgan fingerprint density at radius 2 is 2.10 bits per heavy atom. The van der Waals surface area contributed by atoms with E-state index in [1.807, 2.05) is 6.92 Å². The van der Waals surface area contributed by atoms with E-state index in [2.05, 4.69) is 10.6 Å². The standard InChI is InChI=1S/C13H16ClFN2O3/c1-3-7(2)11(12(18)19)17-13(20)16-10-5-4-8(14)6-9(10)15/h4-7,11H,3H2,1-2H3,(H,18,19)(H2,16,17,20)/t7?,11-/m0/s1. The normalized spacial score (nSPS) is 13.4. The van der Waals surface area contributed by atoms with Gasteiger partial charge in [-0.05, 0) is 24.1 Å². The van der Waals surface area contributed by atoms with Gasteiger partial charge in [-0.3, -0.25) is 0 Å². The lowest BCUT2D eigenvalue weighted by Gasteiger charge is -2.20. The number of nitrogens with one attached hydrogen (secondary N) is 2. The van der Waals surface area contributed by atoms with Gasteiger partial charge in [0.25, 0.3) is 0 Å². The van der Waals surface area contributed by atoms with Crippen LogP contribution in [0.3, 0.4) is 0 Å². The number of halogens is 2. The number of carboxylic acids is 1. The van der Waals surface area contributed by atoms with Crippen LogP contribution in [-0.4, -0.2) is 23.1 Å². The van der Waals surface area contributed by atoms with E-state index < -0.39 is 23.9 Å². The SMILES string of the molecule is CCC(C)[C@H](NC(=O)Nc1ccc(Cl)cc1F)C(=O)O. The molecule has 7 heteroatoms. The molecule has 110 valence electrons. The Labute approximate surface area is 121 Å². The van der Waals surface area contributed by atoms with E-state index in [4.69, 9.17) is 16.7 Å².